The number of likely N-dealkylation sites (N-methyl/N-ethyl adjacent to an activating group) is 1. The number of hydrogen-bond acceptors (Lipinski definition) is 8. The highest BCUT2D eigenvalue weighted by Gasteiger charge is 2.22. The Bertz CT molecular complexity index is 1370. The summed E-state index contributed by atoms with van der Waals surface area (Å²) >= 11 is 0. The van der Waals surface area contributed by atoms with E-state index < -0.39 is 24.3 Å². The highest BCUT2D eigenvalue weighted by Crippen LogP contribution is 2.18. The minimum absolute atomic E-state index is 0.148. The van der Waals surface area contributed by atoms with E-state index in [1.54, 1.807) is 0 Å². The lowest BCUT2D eigenvalue weighted by Gasteiger charge is -2.26. The van der Waals surface area contributed by atoms with E-state index in [0.717, 1.165) is 64.2 Å². The minimum Gasteiger partial charge on any atom is -0.545 e. The van der Waals surface area contributed by atoms with Gasteiger partial charge in [-0.1, -0.05) is 281 Å². The summed E-state index contributed by atoms with van der Waals surface area (Å²) < 4.78 is 22.8. The van der Waals surface area contributed by atoms with Crippen LogP contribution in [-0.4, -0.2) is 82.3 Å². The third kappa shape index (κ3) is 58.8. The average molecular weight is 1060 g/mol. The minimum atomic E-state index is -1.62. The van der Waals surface area contributed by atoms with E-state index in [-0.39, 0.29) is 32.2 Å². The van der Waals surface area contributed by atoms with Gasteiger partial charge in [-0.15, -0.1) is 0 Å². The van der Waals surface area contributed by atoms with Crippen molar-refractivity contribution in [1.29, 1.82) is 0 Å². The number of hydrogen-bond donors (Lipinski definition) is 0. The number of carboxylic acid groups (broad SMARTS) is 1. The van der Waals surface area contributed by atoms with Gasteiger partial charge in [-0.2, -0.15) is 0 Å². The normalized spacial score (nSPS) is 13.0. The van der Waals surface area contributed by atoms with Gasteiger partial charge in [0.1, 0.15) is 13.2 Å². The Morgan fingerprint density at radius 2 is 0.760 bits per heavy atom. The zero-order valence-corrected chi connectivity index (χ0v) is 49.9. The molecule has 0 bridgehead atoms. The van der Waals surface area contributed by atoms with E-state index in [1.807, 2.05) is 21.1 Å². The Labute approximate surface area is 463 Å². The standard InChI is InChI=1S/C66H121NO8/c1-6-8-10-12-14-16-18-20-22-24-26-28-30-32-34-36-38-40-42-44-46-48-50-52-54-56-63(68)73-60-62(61-74-66(65(70)71)72-59-58-67(3,4)5)75-64(69)57-55-53-51-49-47-45-43-41-39-37-35-33-31-29-27-25-23-21-19-17-15-13-11-9-7-2/h9,11,15,17,21,23,27,29,62,66H,6-8,10,12-14,16,18-20,22,24-26,28,30-61H2,1-5H3/b11-9-,17-15-,23-21-,29-27-. The van der Waals surface area contributed by atoms with Crippen molar-refractivity contribution < 1.29 is 42.9 Å². The van der Waals surface area contributed by atoms with E-state index in [0.29, 0.717) is 23.9 Å². The van der Waals surface area contributed by atoms with Crippen molar-refractivity contribution in [3.63, 3.8) is 0 Å². The van der Waals surface area contributed by atoms with E-state index in [1.165, 1.54) is 199 Å². The molecule has 0 radical (unpaired) electrons. The summed E-state index contributed by atoms with van der Waals surface area (Å²) in [7, 11) is 5.93. The van der Waals surface area contributed by atoms with Crippen LogP contribution in [0.1, 0.15) is 296 Å². The predicted octanol–water partition coefficient (Wildman–Crippen LogP) is 17.7. The summed E-state index contributed by atoms with van der Waals surface area (Å²) in [6.45, 7) is 4.68. The molecule has 0 aromatic heterocycles. The summed E-state index contributed by atoms with van der Waals surface area (Å²) in [5.41, 5.74) is 0. The molecule has 438 valence electrons. The van der Waals surface area contributed by atoms with Crippen LogP contribution in [0, 0.1) is 0 Å². The molecule has 0 N–H and O–H groups in total. The third-order valence-corrected chi connectivity index (χ3v) is 14.1. The molecule has 0 saturated heterocycles. The number of unbranched alkanes of at least 4 members (excludes halogenated alkanes) is 36. The maximum absolute atomic E-state index is 12.9. The third-order valence-electron chi connectivity index (χ3n) is 14.1. The second-order valence-corrected chi connectivity index (χ2v) is 22.7. The molecule has 0 aliphatic heterocycles. The molecule has 0 rings (SSSR count). The molecule has 0 amide bonds. The number of rotatable bonds is 59. The number of carboxylic acids is 1. The number of esters is 2. The summed E-state index contributed by atoms with van der Waals surface area (Å²) in [4.78, 5) is 37.4. The summed E-state index contributed by atoms with van der Waals surface area (Å²) in [6.07, 6.45) is 68.9. The van der Waals surface area contributed by atoms with Crippen molar-refractivity contribution in [3.8, 4) is 0 Å². The Kier molecular flexibility index (Phi) is 55.3. The molecule has 2 atom stereocenters. The number of aliphatic carboxylic acids is 1. The first kappa shape index (κ1) is 72.2. The van der Waals surface area contributed by atoms with Gasteiger partial charge in [0.15, 0.2) is 12.4 Å². The Morgan fingerprint density at radius 1 is 0.413 bits per heavy atom. The fourth-order valence-electron chi connectivity index (χ4n) is 9.24. The summed E-state index contributed by atoms with van der Waals surface area (Å²) in [5.74, 6) is -2.27. The van der Waals surface area contributed by atoms with Gasteiger partial charge in [-0.05, 0) is 51.4 Å². The van der Waals surface area contributed by atoms with Crippen LogP contribution in [0.3, 0.4) is 0 Å². The molecular formula is C66H121NO8. The molecule has 2 unspecified atom stereocenters. The Morgan fingerprint density at radius 3 is 1.13 bits per heavy atom. The van der Waals surface area contributed by atoms with Crippen LogP contribution in [0.15, 0.2) is 48.6 Å². The van der Waals surface area contributed by atoms with Crippen molar-refractivity contribution in [2.24, 2.45) is 0 Å². The number of nitrogens with zero attached hydrogens (tertiary/aromatic N) is 1. The first-order chi connectivity index (χ1) is 36.6. The molecule has 0 heterocycles. The lowest BCUT2D eigenvalue weighted by Crippen LogP contribution is -2.44. The van der Waals surface area contributed by atoms with E-state index in [9.17, 15) is 19.5 Å². The molecule has 0 spiro atoms. The zero-order valence-electron chi connectivity index (χ0n) is 49.9. The SMILES string of the molecule is CC/C=C\C/C=C\C/C=C\C/C=C\CCCCCCCCCCCCCCC(=O)OC(COC(=O)CCCCCCCCCCCCCCCCCCCCCCCCCCC)COC(OCC[N+](C)(C)C)C(=O)[O-]. The van der Waals surface area contributed by atoms with Crippen molar-refractivity contribution in [3.05, 3.63) is 48.6 Å². The molecule has 9 nitrogen and oxygen atoms in total. The molecule has 0 aromatic carbocycles. The predicted molar refractivity (Wildman–Crippen MR) is 315 cm³/mol. The highest BCUT2D eigenvalue weighted by atomic mass is 16.7. The monoisotopic (exact) mass is 1060 g/mol. The smallest absolute Gasteiger partial charge is 0.306 e. The van der Waals surface area contributed by atoms with Crippen molar-refractivity contribution in [2.75, 3.05) is 47.5 Å². The molecule has 75 heavy (non-hydrogen) atoms. The van der Waals surface area contributed by atoms with Crippen LogP contribution in [0.5, 0.6) is 0 Å². The largest absolute Gasteiger partial charge is 0.545 e. The first-order valence-corrected chi connectivity index (χ1v) is 31.8. The fraction of sp³-hybridized carbons (Fsp3) is 0.833. The number of carbonyl (C=O) groups excluding carboxylic acids is 3. The van der Waals surface area contributed by atoms with E-state index >= 15 is 0 Å². The fourth-order valence-corrected chi connectivity index (χ4v) is 9.24. The first-order valence-electron chi connectivity index (χ1n) is 31.8. The van der Waals surface area contributed by atoms with Crippen LogP contribution in [0.2, 0.25) is 0 Å². The maximum atomic E-state index is 12.9. The molecule has 0 aromatic rings. The lowest BCUT2D eigenvalue weighted by atomic mass is 10.0. The number of carbonyl (C=O) groups is 3. The molecule has 0 fully saturated rings. The van der Waals surface area contributed by atoms with Gasteiger partial charge in [0.05, 0.1) is 40.3 Å². The van der Waals surface area contributed by atoms with Gasteiger partial charge in [0, 0.05) is 12.8 Å². The number of ether oxygens (including phenoxy) is 4. The van der Waals surface area contributed by atoms with Gasteiger partial charge in [0.2, 0.25) is 0 Å². The van der Waals surface area contributed by atoms with Gasteiger partial charge in [-0.25, -0.2) is 0 Å². The van der Waals surface area contributed by atoms with Gasteiger partial charge in [0.25, 0.3) is 0 Å². The summed E-state index contributed by atoms with van der Waals surface area (Å²) in [5, 5.41) is 11.8. The van der Waals surface area contributed by atoms with E-state index in [2.05, 4.69) is 62.5 Å². The highest BCUT2D eigenvalue weighted by molar-refractivity contribution is 5.70. The molecule has 0 aliphatic carbocycles. The Balaban J connectivity index is 4.15. The van der Waals surface area contributed by atoms with Crippen LogP contribution >= 0.6 is 0 Å². The van der Waals surface area contributed by atoms with Crippen molar-refractivity contribution in [1.82, 2.24) is 0 Å². The zero-order chi connectivity index (χ0) is 54.8. The average Bonchev–Trinajstić information content (AvgIpc) is 3.38. The molecular weight excluding hydrogens is 935 g/mol. The topological polar surface area (TPSA) is 111 Å². The van der Waals surface area contributed by atoms with E-state index in [4.69, 9.17) is 18.9 Å². The second-order valence-electron chi connectivity index (χ2n) is 22.7. The van der Waals surface area contributed by atoms with Gasteiger partial charge < -0.3 is 33.3 Å². The molecule has 0 saturated carbocycles. The van der Waals surface area contributed by atoms with Gasteiger partial charge >= 0.3 is 11.9 Å². The van der Waals surface area contributed by atoms with Crippen molar-refractivity contribution >= 4 is 17.9 Å². The lowest BCUT2D eigenvalue weighted by molar-refractivity contribution is -0.870. The second kappa shape index (κ2) is 57.4. The number of allylic oxidation sites excluding steroid dienone is 8. The molecule has 9 heteroatoms. The number of quaternary nitrogens is 1. The maximum Gasteiger partial charge on any atom is 0.306 e. The Hall–Kier alpha value is -2.75. The summed E-state index contributed by atoms with van der Waals surface area (Å²) in [6, 6.07) is 0. The van der Waals surface area contributed by atoms with Crippen LogP contribution in [-0.2, 0) is 33.3 Å². The quantitative estimate of drug-likeness (QED) is 0.0195. The van der Waals surface area contributed by atoms with Crippen molar-refractivity contribution in [2.45, 2.75) is 309 Å². The molecule has 0 aliphatic rings. The van der Waals surface area contributed by atoms with Crippen LogP contribution in [0.4, 0.5) is 0 Å². The van der Waals surface area contributed by atoms with Crippen LogP contribution < -0.4 is 5.11 Å². The van der Waals surface area contributed by atoms with Gasteiger partial charge in [-0.3, -0.25) is 9.59 Å². The van der Waals surface area contributed by atoms with Crippen LogP contribution in [0.25, 0.3) is 0 Å².